The second kappa shape index (κ2) is 5.69. The molecule has 21 heavy (non-hydrogen) atoms. The van der Waals surface area contributed by atoms with Crippen LogP contribution in [0.3, 0.4) is 0 Å². The number of hydrogen-bond donors (Lipinski definition) is 1. The first-order valence-electron chi connectivity index (χ1n) is 6.27. The maximum absolute atomic E-state index is 8.78. The Labute approximate surface area is 126 Å². The minimum atomic E-state index is 0.505. The fourth-order valence-electron chi connectivity index (χ4n) is 1.77. The first kappa shape index (κ1) is 13.2. The Morgan fingerprint density at radius 1 is 1.14 bits per heavy atom. The van der Waals surface area contributed by atoms with Gasteiger partial charge in [-0.05, 0) is 37.3 Å². The van der Waals surface area contributed by atoms with E-state index in [9.17, 15) is 0 Å². The van der Waals surface area contributed by atoms with Crippen LogP contribution in [0.1, 0.15) is 10.4 Å². The second-order valence-corrected chi connectivity index (χ2v) is 5.59. The number of aryl methyl sites for hydroxylation is 1. The molecule has 3 rings (SSSR count). The first-order valence-corrected chi connectivity index (χ1v) is 7.09. The predicted molar refractivity (Wildman–Crippen MR) is 82.3 cm³/mol. The molecular formula is C15H11N5S. The van der Waals surface area contributed by atoms with Crippen LogP contribution in [-0.2, 0) is 0 Å². The smallest absolute Gasteiger partial charge is 0.227 e. The van der Waals surface area contributed by atoms with Gasteiger partial charge in [0.25, 0.3) is 0 Å². The monoisotopic (exact) mass is 293 g/mol. The van der Waals surface area contributed by atoms with Crippen molar-refractivity contribution in [2.24, 2.45) is 0 Å². The van der Waals surface area contributed by atoms with Gasteiger partial charge in [0.05, 0.1) is 11.6 Å². The quantitative estimate of drug-likeness (QED) is 0.799. The molecule has 0 fully saturated rings. The van der Waals surface area contributed by atoms with E-state index in [-0.39, 0.29) is 0 Å². The maximum atomic E-state index is 8.78. The normalized spacial score (nSPS) is 10.1. The Morgan fingerprint density at radius 2 is 1.95 bits per heavy atom. The van der Waals surface area contributed by atoms with E-state index in [1.165, 1.54) is 0 Å². The average Bonchev–Trinajstić information content (AvgIpc) is 2.95. The fourth-order valence-corrected chi connectivity index (χ4v) is 2.50. The summed E-state index contributed by atoms with van der Waals surface area (Å²) in [6, 6.07) is 11.1. The summed E-state index contributed by atoms with van der Waals surface area (Å²) in [7, 11) is 0. The van der Waals surface area contributed by atoms with E-state index in [0.29, 0.717) is 11.5 Å². The van der Waals surface area contributed by atoms with Crippen LogP contribution >= 0.6 is 11.3 Å². The van der Waals surface area contributed by atoms with E-state index >= 15 is 0 Å². The molecular weight excluding hydrogens is 282 g/mol. The molecule has 0 unspecified atom stereocenters. The van der Waals surface area contributed by atoms with Crippen LogP contribution in [0, 0.1) is 18.3 Å². The Hall–Kier alpha value is -2.78. The van der Waals surface area contributed by atoms with Gasteiger partial charge < -0.3 is 5.32 Å². The highest BCUT2D eigenvalue weighted by Gasteiger charge is 2.06. The second-order valence-electron chi connectivity index (χ2n) is 4.36. The van der Waals surface area contributed by atoms with Gasteiger partial charge in [-0.15, -0.1) is 11.3 Å². The molecule has 2 aromatic heterocycles. The van der Waals surface area contributed by atoms with Crippen molar-refractivity contribution in [3.05, 3.63) is 53.2 Å². The Morgan fingerprint density at radius 3 is 2.62 bits per heavy atom. The van der Waals surface area contributed by atoms with Crippen molar-refractivity contribution in [2.75, 3.05) is 5.32 Å². The van der Waals surface area contributed by atoms with Crippen molar-refractivity contribution in [3.8, 4) is 16.8 Å². The lowest BCUT2D eigenvalue weighted by Crippen LogP contribution is -1.97. The summed E-state index contributed by atoms with van der Waals surface area (Å²) in [6.07, 6.45) is 3.53. The topological polar surface area (TPSA) is 74.5 Å². The average molecular weight is 293 g/mol. The highest BCUT2D eigenvalue weighted by Crippen LogP contribution is 2.23. The van der Waals surface area contributed by atoms with Gasteiger partial charge in [0.2, 0.25) is 5.95 Å². The van der Waals surface area contributed by atoms with Crippen molar-refractivity contribution in [3.63, 3.8) is 0 Å². The first-order chi connectivity index (χ1) is 10.2. The zero-order valence-electron chi connectivity index (χ0n) is 11.2. The summed E-state index contributed by atoms with van der Waals surface area (Å²) in [5.74, 6) is 0.505. The van der Waals surface area contributed by atoms with Crippen molar-refractivity contribution in [2.45, 2.75) is 6.92 Å². The number of benzene rings is 1. The van der Waals surface area contributed by atoms with E-state index < -0.39 is 0 Å². The van der Waals surface area contributed by atoms with Gasteiger partial charge in [-0.25, -0.2) is 15.0 Å². The summed E-state index contributed by atoms with van der Waals surface area (Å²) in [5.41, 5.74) is 2.24. The summed E-state index contributed by atoms with van der Waals surface area (Å²) in [6.45, 7) is 2.01. The van der Waals surface area contributed by atoms with Crippen LogP contribution in [0.15, 0.2) is 42.7 Å². The molecule has 2 heterocycles. The van der Waals surface area contributed by atoms with Crippen molar-refractivity contribution in [1.82, 2.24) is 15.0 Å². The molecule has 1 aromatic carbocycles. The molecule has 102 valence electrons. The van der Waals surface area contributed by atoms with Gasteiger partial charge >= 0.3 is 0 Å². The zero-order chi connectivity index (χ0) is 14.7. The SMILES string of the molecule is Cc1cnc(-c2ccnc(Nc3ccc(C#N)cc3)n2)s1. The van der Waals surface area contributed by atoms with Crippen LogP contribution in [0.2, 0.25) is 0 Å². The molecule has 0 aliphatic rings. The van der Waals surface area contributed by atoms with E-state index in [1.54, 1.807) is 29.7 Å². The van der Waals surface area contributed by atoms with Gasteiger partial charge in [0.15, 0.2) is 0 Å². The van der Waals surface area contributed by atoms with Crippen LogP contribution in [0.25, 0.3) is 10.7 Å². The molecule has 0 spiro atoms. The van der Waals surface area contributed by atoms with Gasteiger partial charge in [-0.1, -0.05) is 0 Å². The number of aromatic nitrogens is 3. The third kappa shape index (κ3) is 3.04. The van der Waals surface area contributed by atoms with E-state index in [0.717, 1.165) is 21.3 Å². The zero-order valence-corrected chi connectivity index (χ0v) is 12.1. The van der Waals surface area contributed by atoms with Crippen LogP contribution in [0.4, 0.5) is 11.6 Å². The van der Waals surface area contributed by atoms with Crippen molar-refractivity contribution < 1.29 is 0 Å². The highest BCUT2D eigenvalue weighted by molar-refractivity contribution is 7.14. The minimum absolute atomic E-state index is 0.505. The van der Waals surface area contributed by atoms with Crippen LogP contribution < -0.4 is 5.32 Å². The summed E-state index contributed by atoms with van der Waals surface area (Å²) >= 11 is 1.60. The molecule has 0 atom stereocenters. The molecule has 0 aliphatic heterocycles. The Balaban J connectivity index is 1.84. The molecule has 0 amide bonds. The van der Waals surface area contributed by atoms with E-state index in [2.05, 4.69) is 26.3 Å². The molecule has 0 radical (unpaired) electrons. The third-order valence-electron chi connectivity index (χ3n) is 2.77. The van der Waals surface area contributed by atoms with Gasteiger partial charge in [0.1, 0.15) is 10.7 Å². The van der Waals surface area contributed by atoms with Crippen LogP contribution in [-0.4, -0.2) is 15.0 Å². The van der Waals surface area contributed by atoms with Gasteiger partial charge in [0, 0.05) is 23.0 Å². The maximum Gasteiger partial charge on any atom is 0.227 e. The largest absolute Gasteiger partial charge is 0.324 e. The lowest BCUT2D eigenvalue weighted by Gasteiger charge is -2.05. The molecule has 0 bridgehead atoms. The van der Waals surface area contributed by atoms with E-state index in [4.69, 9.17) is 5.26 Å². The minimum Gasteiger partial charge on any atom is -0.324 e. The number of anilines is 2. The number of hydrogen-bond acceptors (Lipinski definition) is 6. The molecule has 5 nitrogen and oxygen atoms in total. The predicted octanol–water partition coefficient (Wildman–Crippen LogP) is 3.52. The number of thiazole rings is 1. The number of nitrogens with one attached hydrogen (secondary N) is 1. The molecule has 6 heteroatoms. The Kier molecular flexibility index (Phi) is 3.58. The lowest BCUT2D eigenvalue weighted by atomic mass is 10.2. The van der Waals surface area contributed by atoms with Crippen molar-refractivity contribution >= 4 is 23.0 Å². The van der Waals surface area contributed by atoms with Crippen LogP contribution in [0.5, 0.6) is 0 Å². The summed E-state index contributed by atoms with van der Waals surface area (Å²) in [5, 5.41) is 12.8. The fraction of sp³-hybridized carbons (Fsp3) is 0.0667. The third-order valence-corrected chi connectivity index (χ3v) is 3.70. The number of rotatable bonds is 3. The summed E-state index contributed by atoms with van der Waals surface area (Å²) < 4.78 is 0. The van der Waals surface area contributed by atoms with Gasteiger partial charge in [-0.3, -0.25) is 0 Å². The number of nitrogens with zero attached hydrogens (tertiary/aromatic N) is 4. The van der Waals surface area contributed by atoms with Gasteiger partial charge in [-0.2, -0.15) is 5.26 Å². The molecule has 0 saturated carbocycles. The molecule has 0 saturated heterocycles. The highest BCUT2D eigenvalue weighted by atomic mass is 32.1. The standard InChI is InChI=1S/C15H11N5S/c1-10-9-18-14(21-10)13-6-7-17-15(20-13)19-12-4-2-11(8-16)3-5-12/h2-7,9H,1H3,(H,17,19,20). The summed E-state index contributed by atoms with van der Waals surface area (Å²) in [4.78, 5) is 14.1. The molecule has 0 aliphatic carbocycles. The lowest BCUT2D eigenvalue weighted by molar-refractivity contribution is 1.16. The van der Waals surface area contributed by atoms with E-state index in [1.807, 2.05) is 31.3 Å². The molecule has 1 N–H and O–H groups in total. The molecule has 3 aromatic rings. The van der Waals surface area contributed by atoms with Crippen molar-refractivity contribution in [1.29, 1.82) is 5.26 Å². The Bertz CT molecular complexity index is 801. The number of nitriles is 1.